The van der Waals surface area contributed by atoms with Crippen LogP contribution in [0.25, 0.3) is 0 Å². The molecule has 0 unspecified atom stereocenters. The van der Waals surface area contributed by atoms with E-state index in [1.54, 1.807) is 6.33 Å². The van der Waals surface area contributed by atoms with Crippen LogP contribution in [0.4, 0.5) is 5.82 Å². The van der Waals surface area contributed by atoms with Gasteiger partial charge in [-0.1, -0.05) is 0 Å². The first-order valence-corrected chi connectivity index (χ1v) is 3.88. The van der Waals surface area contributed by atoms with E-state index in [0.717, 1.165) is 18.8 Å². The van der Waals surface area contributed by atoms with Gasteiger partial charge < -0.3 is 4.90 Å². The molecule has 11 heavy (non-hydrogen) atoms. The minimum atomic E-state index is 1.10. The fraction of sp³-hybridized carbons (Fsp3) is 0.500. The van der Waals surface area contributed by atoms with Gasteiger partial charge >= 0.3 is 0 Å². The zero-order valence-electron chi connectivity index (χ0n) is 6.62. The highest BCUT2D eigenvalue weighted by Crippen LogP contribution is 2.20. The summed E-state index contributed by atoms with van der Waals surface area (Å²) in [7, 11) is 2.07. The number of hydrogen-bond acceptors (Lipinski definition) is 3. The van der Waals surface area contributed by atoms with Gasteiger partial charge in [-0.2, -0.15) is 0 Å². The van der Waals surface area contributed by atoms with Gasteiger partial charge in [-0.15, -0.1) is 0 Å². The lowest BCUT2D eigenvalue weighted by Gasteiger charge is -2.24. The van der Waals surface area contributed by atoms with Gasteiger partial charge in [0.1, 0.15) is 12.1 Å². The van der Waals surface area contributed by atoms with Crippen LogP contribution >= 0.6 is 0 Å². The third kappa shape index (κ3) is 1.06. The maximum Gasteiger partial charge on any atom is 0.134 e. The van der Waals surface area contributed by atoms with Crippen molar-refractivity contribution < 1.29 is 0 Å². The smallest absolute Gasteiger partial charge is 0.134 e. The summed E-state index contributed by atoms with van der Waals surface area (Å²) >= 11 is 0. The normalized spacial score (nSPS) is 16.3. The van der Waals surface area contributed by atoms with Crippen molar-refractivity contribution in [2.45, 2.75) is 12.8 Å². The molecule has 0 bridgehead atoms. The minimum Gasteiger partial charge on any atom is -0.359 e. The van der Waals surface area contributed by atoms with Crippen LogP contribution in [0, 0.1) is 0 Å². The van der Waals surface area contributed by atoms with E-state index in [1.165, 1.54) is 12.0 Å². The molecule has 0 atom stereocenters. The van der Waals surface area contributed by atoms with Crippen molar-refractivity contribution in [2.24, 2.45) is 0 Å². The Morgan fingerprint density at radius 1 is 1.55 bits per heavy atom. The summed E-state index contributed by atoms with van der Waals surface area (Å²) in [5.74, 6) is 1.10. The molecule has 0 radical (unpaired) electrons. The van der Waals surface area contributed by atoms with Gasteiger partial charge in [0, 0.05) is 25.4 Å². The molecule has 0 amide bonds. The highest BCUT2D eigenvalue weighted by atomic mass is 15.2. The van der Waals surface area contributed by atoms with Gasteiger partial charge in [-0.05, 0) is 12.8 Å². The second kappa shape index (κ2) is 2.49. The SMILES string of the molecule is CN1CCCc2cncnc21. The highest BCUT2D eigenvalue weighted by molar-refractivity contribution is 5.46. The molecule has 2 rings (SSSR count). The monoisotopic (exact) mass is 149 g/mol. The van der Waals surface area contributed by atoms with Gasteiger partial charge in [0.05, 0.1) is 0 Å². The van der Waals surface area contributed by atoms with Gasteiger partial charge in [0.25, 0.3) is 0 Å². The molecule has 3 nitrogen and oxygen atoms in total. The standard InChI is InChI=1S/C8H11N3/c1-11-4-2-3-7-5-9-6-10-8(7)11/h5-6H,2-4H2,1H3. The van der Waals surface area contributed by atoms with Crippen molar-refractivity contribution in [3.63, 3.8) is 0 Å². The van der Waals surface area contributed by atoms with Crippen LogP contribution in [0.15, 0.2) is 12.5 Å². The van der Waals surface area contributed by atoms with E-state index in [4.69, 9.17) is 0 Å². The van der Waals surface area contributed by atoms with E-state index in [9.17, 15) is 0 Å². The molecule has 0 fully saturated rings. The van der Waals surface area contributed by atoms with E-state index in [1.807, 2.05) is 6.20 Å². The van der Waals surface area contributed by atoms with E-state index >= 15 is 0 Å². The van der Waals surface area contributed by atoms with Crippen molar-refractivity contribution in [2.75, 3.05) is 18.5 Å². The van der Waals surface area contributed by atoms with Gasteiger partial charge in [-0.25, -0.2) is 9.97 Å². The van der Waals surface area contributed by atoms with Crippen LogP contribution in [0.2, 0.25) is 0 Å². The van der Waals surface area contributed by atoms with Crippen molar-refractivity contribution in [3.8, 4) is 0 Å². The lowest BCUT2D eigenvalue weighted by molar-refractivity contribution is 0.724. The first-order chi connectivity index (χ1) is 5.38. The lowest BCUT2D eigenvalue weighted by atomic mass is 10.1. The summed E-state index contributed by atoms with van der Waals surface area (Å²) in [4.78, 5) is 10.4. The summed E-state index contributed by atoms with van der Waals surface area (Å²) in [6, 6.07) is 0. The molecule has 0 saturated heterocycles. The Labute approximate surface area is 66.1 Å². The molecule has 2 heterocycles. The highest BCUT2D eigenvalue weighted by Gasteiger charge is 2.13. The molecule has 0 aliphatic carbocycles. The molecule has 58 valence electrons. The zero-order valence-corrected chi connectivity index (χ0v) is 6.62. The number of aryl methyl sites for hydroxylation is 1. The maximum absolute atomic E-state index is 4.22. The van der Waals surface area contributed by atoms with Crippen LogP contribution in [0.1, 0.15) is 12.0 Å². The Kier molecular flexibility index (Phi) is 1.49. The van der Waals surface area contributed by atoms with Crippen LogP contribution < -0.4 is 4.90 Å². The van der Waals surface area contributed by atoms with Crippen molar-refractivity contribution >= 4 is 5.82 Å². The van der Waals surface area contributed by atoms with Crippen LogP contribution in [-0.4, -0.2) is 23.6 Å². The number of fused-ring (bicyclic) bond motifs is 1. The average molecular weight is 149 g/mol. The van der Waals surface area contributed by atoms with Crippen molar-refractivity contribution in [1.82, 2.24) is 9.97 Å². The first-order valence-electron chi connectivity index (χ1n) is 3.88. The molecular formula is C8H11N3. The summed E-state index contributed by atoms with van der Waals surface area (Å²) in [6.45, 7) is 1.12. The molecule has 1 aliphatic heterocycles. The van der Waals surface area contributed by atoms with Crippen molar-refractivity contribution in [1.29, 1.82) is 0 Å². The number of rotatable bonds is 0. The predicted octanol–water partition coefficient (Wildman–Crippen LogP) is 0.859. The molecule has 1 aromatic heterocycles. The van der Waals surface area contributed by atoms with Gasteiger partial charge in [0.2, 0.25) is 0 Å². The molecule has 1 aliphatic rings. The Hall–Kier alpha value is -1.12. The quantitative estimate of drug-likeness (QED) is 0.548. The molecule has 1 aromatic rings. The number of nitrogens with zero attached hydrogens (tertiary/aromatic N) is 3. The molecule has 0 saturated carbocycles. The van der Waals surface area contributed by atoms with Crippen LogP contribution in [-0.2, 0) is 6.42 Å². The number of anilines is 1. The van der Waals surface area contributed by atoms with Crippen LogP contribution in [0.3, 0.4) is 0 Å². The Morgan fingerprint density at radius 2 is 2.45 bits per heavy atom. The molecule has 0 spiro atoms. The van der Waals surface area contributed by atoms with Crippen molar-refractivity contribution in [3.05, 3.63) is 18.1 Å². The Balaban J connectivity index is 2.44. The van der Waals surface area contributed by atoms with Gasteiger partial charge in [0.15, 0.2) is 0 Å². The summed E-state index contributed by atoms with van der Waals surface area (Å²) in [5, 5.41) is 0. The maximum atomic E-state index is 4.22. The molecule has 3 heteroatoms. The first kappa shape index (κ1) is 6.58. The third-order valence-corrected chi connectivity index (χ3v) is 2.07. The minimum absolute atomic E-state index is 1.10. The fourth-order valence-electron chi connectivity index (χ4n) is 1.48. The zero-order chi connectivity index (χ0) is 7.68. The second-order valence-corrected chi connectivity index (χ2v) is 2.90. The molecule has 0 N–H and O–H groups in total. The third-order valence-electron chi connectivity index (χ3n) is 2.07. The van der Waals surface area contributed by atoms with Crippen LogP contribution in [0.5, 0.6) is 0 Å². The summed E-state index contributed by atoms with van der Waals surface area (Å²) < 4.78 is 0. The predicted molar refractivity (Wildman–Crippen MR) is 43.6 cm³/mol. The van der Waals surface area contributed by atoms with Gasteiger partial charge in [-0.3, -0.25) is 0 Å². The topological polar surface area (TPSA) is 29.0 Å². The van der Waals surface area contributed by atoms with E-state index in [0.29, 0.717) is 0 Å². The summed E-state index contributed by atoms with van der Waals surface area (Å²) in [6.07, 6.45) is 5.87. The fourth-order valence-corrected chi connectivity index (χ4v) is 1.48. The Bertz CT molecular complexity index is 259. The number of aromatic nitrogens is 2. The van der Waals surface area contributed by atoms with E-state index < -0.39 is 0 Å². The number of hydrogen-bond donors (Lipinski definition) is 0. The average Bonchev–Trinajstić information content (AvgIpc) is 2.06. The van der Waals surface area contributed by atoms with E-state index in [2.05, 4.69) is 21.9 Å². The lowest BCUT2D eigenvalue weighted by Crippen LogP contribution is -2.25. The molecular weight excluding hydrogens is 138 g/mol. The molecule has 0 aromatic carbocycles. The summed E-state index contributed by atoms with van der Waals surface area (Å²) in [5.41, 5.74) is 1.28. The second-order valence-electron chi connectivity index (χ2n) is 2.90. The largest absolute Gasteiger partial charge is 0.359 e. The Morgan fingerprint density at radius 3 is 3.27 bits per heavy atom. The van der Waals surface area contributed by atoms with E-state index in [-0.39, 0.29) is 0 Å².